The van der Waals surface area contributed by atoms with Crippen LogP contribution < -0.4 is 11.1 Å². The first kappa shape index (κ1) is 17.0. The maximum Gasteiger partial charge on any atom is 0.248 e. The molecule has 0 aromatic heterocycles. The van der Waals surface area contributed by atoms with E-state index in [-0.39, 0.29) is 0 Å². The van der Waals surface area contributed by atoms with Crippen LogP contribution in [0.3, 0.4) is 0 Å². The van der Waals surface area contributed by atoms with Crippen LogP contribution in [0, 0.1) is 0 Å². The van der Waals surface area contributed by atoms with Gasteiger partial charge < -0.3 is 11.1 Å². The average Bonchev–Trinajstić information content (AvgIpc) is 2.42. The quantitative estimate of drug-likeness (QED) is 0.726. The summed E-state index contributed by atoms with van der Waals surface area (Å²) >= 11 is 6.19. The monoisotopic (exact) mass is 296 g/mol. The molecule has 0 aliphatic rings. The molecule has 112 valence electrons. The van der Waals surface area contributed by atoms with Crippen LogP contribution in [0.1, 0.15) is 61.9 Å². The molecule has 1 atom stereocenters. The molecule has 4 heteroatoms. The highest BCUT2D eigenvalue weighted by molar-refractivity contribution is 6.31. The number of amides is 1. The summed E-state index contributed by atoms with van der Waals surface area (Å²) in [5.74, 6) is -0.446. The van der Waals surface area contributed by atoms with Crippen LogP contribution in [0.4, 0.5) is 0 Å². The highest BCUT2D eigenvalue weighted by atomic mass is 35.5. The summed E-state index contributed by atoms with van der Waals surface area (Å²) in [5, 5.41) is 4.16. The maximum absolute atomic E-state index is 11.1. The molecule has 0 aliphatic heterocycles. The van der Waals surface area contributed by atoms with Crippen molar-refractivity contribution in [3.8, 4) is 0 Å². The van der Waals surface area contributed by atoms with Crippen molar-refractivity contribution < 1.29 is 4.79 Å². The van der Waals surface area contributed by atoms with Crippen molar-refractivity contribution in [2.75, 3.05) is 0 Å². The normalized spacial score (nSPS) is 12.3. The minimum atomic E-state index is -0.446. The van der Waals surface area contributed by atoms with Gasteiger partial charge in [-0.25, -0.2) is 0 Å². The SMILES string of the molecule is CCCCC(CCC)NCc1ccc(C(N)=O)cc1Cl. The number of primary amides is 1. The summed E-state index contributed by atoms with van der Waals surface area (Å²) in [7, 11) is 0. The van der Waals surface area contributed by atoms with Gasteiger partial charge >= 0.3 is 0 Å². The lowest BCUT2D eigenvalue weighted by Gasteiger charge is -2.18. The zero-order chi connectivity index (χ0) is 15.0. The van der Waals surface area contributed by atoms with E-state index in [1.54, 1.807) is 12.1 Å². The fourth-order valence-corrected chi connectivity index (χ4v) is 2.49. The molecule has 1 unspecified atom stereocenters. The second kappa shape index (κ2) is 8.98. The highest BCUT2D eigenvalue weighted by Gasteiger charge is 2.09. The molecular formula is C16H25ClN2O. The minimum absolute atomic E-state index is 0.446. The number of carbonyl (C=O) groups excluding carboxylic acids is 1. The van der Waals surface area contributed by atoms with Crippen molar-refractivity contribution in [1.82, 2.24) is 5.32 Å². The summed E-state index contributed by atoms with van der Waals surface area (Å²) < 4.78 is 0. The van der Waals surface area contributed by atoms with Crippen molar-refractivity contribution in [3.63, 3.8) is 0 Å². The number of nitrogens with one attached hydrogen (secondary N) is 1. The largest absolute Gasteiger partial charge is 0.366 e. The van der Waals surface area contributed by atoms with E-state index in [1.165, 1.54) is 32.1 Å². The van der Waals surface area contributed by atoms with E-state index in [2.05, 4.69) is 19.2 Å². The van der Waals surface area contributed by atoms with Gasteiger partial charge in [0.2, 0.25) is 5.91 Å². The zero-order valence-corrected chi connectivity index (χ0v) is 13.2. The van der Waals surface area contributed by atoms with Crippen LogP contribution in [0.2, 0.25) is 5.02 Å². The van der Waals surface area contributed by atoms with Crippen LogP contribution in [0.25, 0.3) is 0 Å². The van der Waals surface area contributed by atoms with E-state index in [1.807, 2.05) is 6.07 Å². The van der Waals surface area contributed by atoms with Crippen LogP contribution in [-0.4, -0.2) is 11.9 Å². The summed E-state index contributed by atoms with van der Waals surface area (Å²) in [5.41, 5.74) is 6.70. The van der Waals surface area contributed by atoms with Crippen molar-refractivity contribution in [2.45, 2.75) is 58.5 Å². The Hall–Kier alpha value is -1.06. The first-order valence-electron chi connectivity index (χ1n) is 7.40. The minimum Gasteiger partial charge on any atom is -0.366 e. The van der Waals surface area contributed by atoms with Gasteiger partial charge in [-0.15, -0.1) is 0 Å². The second-order valence-corrected chi connectivity index (χ2v) is 5.59. The van der Waals surface area contributed by atoms with Gasteiger partial charge in [0.15, 0.2) is 0 Å². The van der Waals surface area contributed by atoms with Crippen LogP contribution in [-0.2, 0) is 6.54 Å². The Morgan fingerprint density at radius 3 is 2.60 bits per heavy atom. The lowest BCUT2D eigenvalue weighted by atomic mass is 10.0. The molecule has 0 saturated carbocycles. The number of hydrogen-bond acceptors (Lipinski definition) is 2. The first-order valence-corrected chi connectivity index (χ1v) is 7.77. The van der Waals surface area contributed by atoms with E-state index in [9.17, 15) is 4.79 Å². The van der Waals surface area contributed by atoms with Crippen LogP contribution >= 0.6 is 11.6 Å². The van der Waals surface area contributed by atoms with Crippen molar-refractivity contribution >= 4 is 17.5 Å². The molecule has 0 heterocycles. The summed E-state index contributed by atoms with van der Waals surface area (Å²) in [6.45, 7) is 5.14. The molecule has 0 radical (unpaired) electrons. The van der Waals surface area contributed by atoms with E-state index in [0.29, 0.717) is 16.6 Å². The Morgan fingerprint density at radius 1 is 1.30 bits per heavy atom. The standard InChI is InChI=1S/C16H25ClN2O/c1-3-5-7-14(6-4-2)19-11-13-9-8-12(16(18)20)10-15(13)17/h8-10,14,19H,3-7,11H2,1-2H3,(H2,18,20). The maximum atomic E-state index is 11.1. The molecule has 1 rings (SSSR count). The molecule has 3 nitrogen and oxygen atoms in total. The fourth-order valence-electron chi connectivity index (χ4n) is 2.25. The summed E-state index contributed by atoms with van der Waals surface area (Å²) in [4.78, 5) is 11.1. The molecule has 3 N–H and O–H groups in total. The van der Waals surface area contributed by atoms with Gasteiger partial charge in [-0.1, -0.05) is 50.8 Å². The Balaban J connectivity index is 2.60. The Morgan fingerprint density at radius 2 is 2.05 bits per heavy atom. The zero-order valence-electron chi connectivity index (χ0n) is 12.4. The molecular weight excluding hydrogens is 272 g/mol. The Labute approximate surface area is 126 Å². The third-order valence-corrected chi connectivity index (χ3v) is 3.81. The van der Waals surface area contributed by atoms with Crippen LogP contribution in [0.5, 0.6) is 0 Å². The second-order valence-electron chi connectivity index (χ2n) is 5.18. The van der Waals surface area contributed by atoms with Gasteiger partial charge in [-0.2, -0.15) is 0 Å². The van der Waals surface area contributed by atoms with Gasteiger partial charge in [-0.3, -0.25) is 4.79 Å². The molecule has 1 aromatic carbocycles. The predicted molar refractivity (Wildman–Crippen MR) is 85.0 cm³/mol. The van der Waals surface area contributed by atoms with Crippen LogP contribution in [0.15, 0.2) is 18.2 Å². The summed E-state index contributed by atoms with van der Waals surface area (Å²) in [6, 6.07) is 5.78. The molecule has 1 aromatic rings. The van der Waals surface area contributed by atoms with Gasteiger partial charge in [0.25, 0.3) is 0 Å². The van der Waals surface area contributed by atoms with E-state index < -0.39 is 5.91 Å². The van der Waals surface area contributed by atoms with Crippen molar-refractivity contribution in [1.29, 1.82) is 0 Å². The number of unbranched alkanes of at least 4 members (excludes halogenated alkanes) is 1. The number of halogens is 1. The van der Waals surface area contributed by atoms with E-state index >= 15 is 0 Å². The number of rotatable bonds is 9. The smallest absolute Gasteiger partial charge is 0.248 e. The molecule has 1 amide bonds. The van der Waals surface area contributed by atoms with Gasteiger partial charge in [0.05, 0.1) is 0 Å². The highest BCUT2D eigenvalue weighted by Crippen LogP contribution is 2.18. The number of hydrogen-bond donors (Lipinski definition) is 2. The topological polar surface area (TPSA) is 55.1 Å². The van der Waals surface area contributed by atoms with Gasteiger partial charge in [0.1, 0.15) is 0 Å². The number of nitrogens with two attached hydrogens (primary N) is 1. The Kier molecular flexibility index (Phi) is 7.63. The molecule has 0 saturated heterocycles. The van der Waals surface area contributed by atoms with Crippen molar-refractivity contribution in [3.05, 3.63) is 34.3 Å². The lowest BCUT2D eigenvalue weighted by Crippen LogP contribution is -2.28. The molecule has 20 heavy (non-hydrogen) atoms. The molecule has 0 bridgehead atoms. The molecule has 0 fully saturated rings. The average molecular weight is 297 g/mol. The van der Waals surface area contributed by atoms with E-state index in [4.69, 9.17) is 17.3 Å². The first-order chi connectivity index (χ1) is 9.58. The third kappa shape index (κ3) is 5.51. The molecule has 0 aliphatic carbocycles. The van der Waals surface area contributed by atoms with E-state index in [0.717, 1.165) is 12.1 Å². The molecule has 0 spiro atoms. The summed E-state index contributed by atoms with van der Waals surface area (Å²) in [6.07, 6.45) is 6.01. The third-order valence-electron chi connectivity index (χ3n) is 3.46. The van der Waals surface area contributed by atoms with Crippen molar-refractivity contribution in [2.24, 2.45) is 5.73 Å². The number of carbonyl (C=O) groups is 1. The number of benzene rings is 1. The Bertz CT molecular complexity index is 434. The fraction of sp³-hybridized carbons (Fsp3) is 0.562. The van der Waals surface area contributed by atoms with Gasteiger partial charge in [-0.05, 0) is 30.5 Å². The lowest BCUT2D eigenvalue weighted by molar-refractivity contribution is 0.100. The predicted octanol–water partition coefficient (Wildman–Crippen LogP) is 3.89. The van der Waals surface area contributed by atoms with Gasteiger partial charge in [0, 0.05) is 23.2 Å².